The van der Waals surface area contributed by atoms with E-state index < -0.39 is 0 Å². The van der Waals surface area contributed by atoms with Gasteiger partial charge in [0.15, 0.2) is 0 Å². The number of nitrogens with zero attached hydrogens (tertiary/aromatic N) is 3. The zero-order valence-corrected chi connectivity index (χ0v) is 19.0. The zero-order valence-electron chi connectivity index (χ0n) is 19.0. The smallest absolute Gasteiger partial charge is 0.271 e. The van der Waals surface area contributed by atoms with Crippen LogP contribution in [0.5, 0.6) is 0 Å². The lowest BCUT2D eigenvalue weighted by molar-refractivity contribution is -0.110. The highest BCUT2D eigenvalue weighted by atomic mass is 16.2. The van der Waals surface area contributed by atoms with Crippen LogP contribution in [0.15, 0.2) is 60.9 Å². The van der Waals surface area contributed by atoms with Crippen LogP contribution in [0, 0.1) is 0 Å². The van der Waals surface area contributed by atoms with Crippen molar-refractivity contribution in [2.24, 2.45) is 5.10 Å². The third-order valence-corrected chi connectivity index (χ3v) is 5.05. The highest BCUT2D eigenvalue weighted by Crippen LogP contribution is 2.31. The van der Waals surface area contributed by atoms with Gasteiger partial charge < -0.3 is 5.32 Å². The molecule has 164 valence electrons. The highest BCUT2D eigenvalue weighted by molar-refractivity contribution is 6.43. The Balaban J connectivity index is 0.00000166. The predicted molar refractivity (Wildman–Crippen MR) is 132 cm³/mol. The molecule has 0 saturated heterocycles. The number of benzene rings is 1. The third kappa shape index (κ3) is 6.38. The van der Waals surface area contributed by atoms with Gasteiger partial charge in [0, 0.05) is 18.5 Å². The maximum Gasteiger partial charge on any atom is 0.271 e. The van der Waals surface area contributed by atoms with E-state index in [1.807, 2.05) is 38.1 Å². The molecule has 1 aromatic carbocycles. The number of hydrogen-bond donors (Lipinski definition) is 1. The molecule has 1 aliphatic heterocycles. The van der Waals surface area contributed by atoms with Crippen LogP contribution < -0.4 is 5.32 Å². The molecule has 31 heavy (non-hydrogen) atoms. The standard InChI is InChI=1S/C24H28N4O.C2H6/c1-4-7-11-14-28-23(19-12-9-8-10-13-19)16-22(27-28)24(29)26-20-15-18(5-2)21(6-3)25-17-20;1-2/h5-6,8-10,12-13,15,17,23H,2-4,7,11,14,16H2,1H3,(H,26,29);1-2H3. The van der Waals surface area contributed by atoms with Gasteiger partial charge in [-0.3, -0.25) is 14.8 Å². The van der Waals surface area contributed by atoms with Crippen LogP contribution in [0.3, 0.4) is 0 Å². The molecule has 0 fully saturated rings. The van der Waals surface area contributed by atoms with Crippen molar-refractivity contribution in [3.05, 3.63) is 72.6 Å². The van der Waals surface area contributed by atoms with Crippen LogP contribution in [0.4, 0.5) is 5.69 Å². The Kier molecular flexibility index (Phi) is 9.69. The Morgan fingerprint density at radius 1 is 1.19 bits per heavy atom. The molecule has 0 spiro atoms. The van der Waals surface area contributed by atoms with E-state index >= 15 is 0 Å². The molecular weight excluding hydrogens is 384 g/mol. The first-order chi connectivity index (χ1) is 15.2. The van der Waals surface area contributed by atoms with Gasteiger partial charge in [-0.05, 0) is 24.1 Å². The first-order valence-electron chi connectivity index (χ1n) is 11.1. The molecule has 0 saturated carbocycles. The SMILES string of the molecule is C=Cc1cc(NC(=O)C2=NN(CCCCC)C(c3ccccc3)C2)cnc1C=C.CC. The highest BCUT2D eigenvalue weighted by Gasteiger charge is 2.31. The summed E-state index contributed by atoms with van der Waals surface area (Å²) in [6.07, 6.45) is 8.96. The molecule has 0 aliphatic carbocycles. The Bertz CT molecular complexity index is 905. The number of hydrogen-bond acceptors (Lipinski definition) is 4. The fourth-order valence-electron chi connectivity index (χ4n) is 3.48. The Labute approximate surface area is 186 Å². The maximum absolute atomic E-state index is 12.9. The average Bonchev–Trinajstić information content (AvgIpc) is 3.25. The number of nitrogens with one attached hydrogen (secondary N) is 1. The van der Waals surface area contributed by atoms with E-state index in [0.717, 1.165) is 37.1 Å². The summed E-state index contributed by atoms with van der Waals surface area (Å²) in [5.41, 5.74) is 3.92. The summed E-state index contributed by atoms with van der Waals surface area (Å²) in [6.45, 7) is 14.6. The lowest BCUT2D eigenvalue weighted by Crippen LogP contribution is -2.22. The molecule has 1 atom stereocenters. The Morgan fingerprint density at radius 2 is 1.94 bits per heavy atom. The van der Waals surface area contributed by atoms with E-state index in [1.54, 1.807) is 18.3 Å². The maximum atomic E-state index is 12.9. The molecule has 1 N–H and O–H groups in total. The summed E-state index contributed by atoms with van der Waals surface area (Å²) in [6, 6.07) is 12.2. The van der Waals surface area contributed by atoms with Gasteiger partial charge in [0.05, 0.1) is 23.6 Å². The van der Waals surface area contributed by atoms with E-state index in [-0.39, 0.29) is 11.9 Å². The quantitative estimate of drug-likeness (QED) is 0.484. The van der Waals surface area contributed by atoms with E-state index in [1.165, 1.54) is 5.56 Å². The van der Waals surface area contributed by atoms with Crippen molar-refractivity contribution in [3.63, 3.8) is 0 Å². The van der Waals surface area contributed by atoms with Gasteiger partial charge in [-0.25, -0.2) is 0 Å². The molecule has 1 amide bonds. The van der Waals surface area contributed by atoms with Crippen molar-refractivity contribution >= 4 is 29.5 Å². The molecular formula is C26H34N4O. The van der Waals surface area contributed by atoms with E-state index in [0.29, 0.717) is 17.8 Å². The zero-order chi connectivity index (χ0) is 22.6. The van der Waals surface area contributed by atoms with Gasteiger partial charge in [-0.1, -0.05) is 83.2 Å². The number of rotatable bonds is 9. The average molecular weight is 419 g/mol. The molecule has 0 bridgehead atoms. The first kappa shape index (κ1) is 24.1. The monoisotopic (exact) mass is 418 g/mol. The van der Waals surface area contributed by atoms with E-state index in [2.05, 4.69) is 52.6 Å². The van der Waals surface area contributed by atoms with Gasteiger partial charge in [0.25, 0.3) is 5.91 Å². The van der Waals surface area contributed by atoms with Crippen molar-refractivity contribution in [2.45, 2.75) is 52.5 Å². The van der Waals surface area contributed by atoms with E-state index in [9.17, 15) is 4.79 Å². The predicted octanol–water partition coefficient (Wildman–Crippen LogP) is 6.33. The summed E-state index contributed by atoms with van der Waals surface area (Å²) < 4.78 is 0. The second-order valence-electron chi connectivity index (χ2n) is 7.11. The summed E-state index contributed by atoms with van der Waals surface area (Å²) in [5, 5.41) is 9.66. The number of unbranched alkanes of at least 4 members (excludes halogenated alkanes) is 2. The summed E-state index contributed by atoms with van der Waals surface area (Å²) >= 11 is 0. The van der Waals surface area contributed by atoms with Crippen molar-refractivity contribution in [1.82, 2.24) is 9.99 Å². The van der Waals surface area contributed by atoms with Crippen LogP contribution >= 0.6 is 0 Å². The van der Waals surface area contributed by atoms with E-state index in [4.69, 9.17) is 0 Å². The molecule has 5 heteroatoms. The molecule has 1 aliphatic rings. The number of carbonyl (C=O) groups excluding carboxylic acids is 1. The second kappa shape index (κ2) is 12.5. The van der Waals surface area contributed by atoms with Crippen LogP contribution in [-0.2, 0) is 4.79 Å². The molecule has 1 aromatic heterocycles. The van der Waals surface area contributed by atoms with Gasteiger partial charge in [0.2, 0.25) is 0 Å². The molecule has 1 unspecified atom stereocenters. The fourth-order valence-corrected chi connectivity index (χ4v) is 3.48. The lowest BCUT2D eigenvalue weighted by Gasteiger charge is -2.23. The second-order valence-corrected chi connectivity index (χ2v) is 7.11. The minimum atomic E-state index is -0.188. The third-order valence-electron chi connectivity index (χ3n) is 5.05. The summed E-state index contributed by atoms with van der Waals surface area (Å²) in [4.78, 5) is 17.2. The van der Waals surface area contributed by atoms with Crippen LogP contribution in [0.25, 0.3) is 12.2 Å². The topological polar surface area (TPSA) is 57.6 Å². The number of carbonyl (C=O) groups is 1. The molecule has 3 rings (SSSR count). The van der Waals surface area contributed by atoms with Crippen LogP contribution in [0.1, 0.15) is 69.3 Å². The number of amides is 1. The fraction of sp³-hybridized carbons (Fsp3) is 0.346. The number of aromatic nitrogens is 1. The van der Waals surface area contributed by atoms with Crippen molar-refractivity contribution in [3.8, 4) is 0 Å². The molecule has 2 heterocycles. The van der Waals surface area contributed by atoms with Gasteiger partial charge >= 0.3 is 0 Å². The van der Waals surface area contributed by atoms with Gasteiger partial charge in [-0.15, -0.1) is 0 Å². The molecule has 0 radical (unpaired) electrons. The first-order valence-corrected chi connectivity index (χ1v) is 11.1. The molecule has 2 aromatic rings. The number of hydrazone groups is 1. The largest absolute Gasteiger partial charge is 0.319 e. The van der Waals surface area contributed by atoms with Gasteiger partial charge in [-0.2, -0.15) is 5.10 Å². The molecule has 5 nitrogen and oxygen atoms in total. The normalized spacial score (nSPS) is 14.9. The van der Waals surface area contributed by atoms with Crippen molar-refractivity contribution in [1.29, 1.82) is 0 Å². The number of pyridine rings is 1. The van der Waals surface area contributed by atoms with Gasteiger partial charge in [0.1, 0.15) is 5.71 Å². The summed E-state index contributed by atoms with van der Waals surface area (Å²) in [5.74, 6) is -0.188. The summed E-state index contributed by atoms with van der Waals surface area (Å²) in [7, 11) is 0. The number of anilines is 1. The van der Waals surface area contributed by atoms with Crippen LogP contribution in [-0.4, -0.2) is 28.2 Å². The Hall–Kier alpha value is -3.21. The minimum absolute atomic E-state index is 0.0961. The Morgan fingerprint density at radius 3 is 2.58 bits per heavy atom. The minimum Gasteiger partial charge on any atom is -0.319 e. The van der Waals surface area contributed by atoms with Crippen LogP contribution in [0.2, 0.25) is 0 Å². The van der Waals surface area contributed by atoms with Crippen molar-refractivity contribution in [2.75, 3.05) is 11.9 Å². The van der Waals surface area contributed by atoms with Crippen molar-refractivity contribution < 1.29 is 4.79 Å². The lowest BCUT2D eigenvalue weighted by atomic mass is 10.0.